The maximum atomic E-state index is 11.1. The molecule has 1 saturated carbocycles. The summed E-state index contributed by atoms with van der Waals surface area (Å²) in [7, 11) is 0. The van der Waals surface area contributed by atoms with Gasteiger partial charge in [0.15, 0.2) is 0 Å². The van der Waals surface area contributed by atoms with E-state index in [1.807, 2.05) is 24.3 Å². The highest BCUT2D eigenvalue weighted by atomic mass is 16.1. The van der Waals surface area contributed by atoms with Crippen LogP contribution in [0.3, 0.4) is 0 Å². The first-order valence-corrected chi connectivity index (χ1v) is 7.58. The normalized spacial score (nSPS) is 22.4. The van der Waals surface area contributed by atoms with Gasteiger partial charge in [-0.05, 0) is 49.9 Å². The quantitative estimate of drug-likeness (QED) is 0.826. The molecule has 1 saturated heterocycles. The minimum Gasteiger partial charge on any atom is -0.366 e. The first-order chi connectivity index (χ1) is 9.72. The van der Waals surface area contributed by atoms with E-state index in [0.29, 0.717) is 11.6 Å². The number of carbonyl (C=O) groups is 1. The maximum absolute atomic E-state index is 11.1. The average Bonchev–Trinajstić information content (AvgIpc) is 3.17. The Labute approximate surface area is 120 Å². The van der Waals surface area contributed by atoms with Gasteiger partial charge in [-0.1, -0.05) is 12.1 Å². The molecular weight excluding hydrogens is 250 g/mol. The molecule has 3 N–H and O–H groups in total. The van der Waals surface area contributed by atoms with Crippen molar-refractivity contribution in [2.75, 3.05) is 13.1 Å². The number of nitrogens with one attached hydrogen (secondary N) is 1. The van der Waals surface area contributed by atoms with E-state index in [4.69, 9.17) is 5.73 Å². The molecule has 1 aliphatic carbocycles. The van der Waals surface area contributed by atoms with Crippen molar-refractivity contribution in [2.24, 2.45) is 5.73 Å². The molecule has 1 atom stereocenters. The number of rotatable bonds is 6. The van der Waals surface area contributed by atoms with Crippen molar-refractivity contribution in [3.63, 3.8) is 0 Å². The smallest absolute Gasteiger partial charge is 0.248 e. The lowest BCUT2D eigenvalue weighted by molar-refractivity contribution is 0.100. The third-order valence-corrected chi connectivity index (χ3v) is 4.30. The number of benzene rings is 1. The summed E-state index contributed by atoms with van der Waals surface area (Å²) in [4.78, 5) is 13.7. The summed E-state index contributed by atoms with van der Waals surface area (Å²) in [6.07, 6.45) is 5.25. The van der Waals surface area contributed by atoms with Gasteiger partial charge in [-0.25, -0.2) is 0 Å². The summed E-state index contributed by atoms with van der Waals surface area (Å²) in [5.74, 6) is -0.356. The number of carbonyl (C=O) groups excluding carboxylic acids is 1. The summed E-state index contributed by atoms with van der Waals surface area (Å²) in [6, 6.07) is 9.12. The fraction of sp³-hybridized carbons (Fsp3) is 0.562. The molecule has 0 spiro atoms. The Balaban J connectivity index is 1.61. The topological polar surface area (TPSA) is 58.4 Å². The van der Waals surface area contributed by atoms with E-state index in [-0.39, 0.29) is 5.91 Å². The Kier molecular flexibility index (Phi) is 4.03. The number of nitrogens with two attached hydrogens (primary N) is 1. The van der Waals surface area contributed by atoms with Gasteiger partial charge < -0.3 is 11.1 Å². The molecule has 0 aromatic heterocycles. The zero-order chi connectivity index (χ0) is 13.9. The van der Waals surface area contributed by atoms with Crippen LogP contribution in [0.4, 0.5) is 0 Å². The third-order valence-electron chi connectivity index (χ3n) is 4.30. The van der Waals surface area contributed by atoms with Crippen molar-refractivity contribution < 1.29 is 4.79 Å². The van der Waals surface area contributed by atoms with Crippen LogP contribution in [0.1, 0.15) is 41.6 Å². The largest absolute Gasteiger partial charge is 0.366 e. The second-order valence-electron chi connectivity index (χ2n) is 6.02. The molecule has 4 nitrogen and oxygen atoms in total. The molecule has 2 fully saturated rings. The van der Waals surface area contributed by atoms with E-state index in [9.17, 15) is 4.79 Å². The molecule has 108 valence electrons. The van der Waals surface area contributed by atoms with Crippen molar-refractivity contribution in [3.8, 4) is 0 Å². The summed E-state index contributed by atoms with van der Waals surface area (Å²) < 4.78 is 0. The second-order valence-corrected chi connectivity index (χ2v) is 6.02. The fourth-order valence-electron chi connectivity index (χ4n) is 2.99. The molecule has 1 aliphatic heterocycles. The molecule has 0 radical (unpaired) electrons. The SMILES string of the molecule is NC(=O)c1ccc(CN(C[C@@H]2CCCN2)C2CC2)cc1. The van der Waals surface area contributed by atoms with Crippen molar-refractivity contribution in [1.82, 2.24) is 10.2 Å². The lowest BCUT2D eigenvalue weighted by Gasteiger charge is -2.25. The van der Waals surface area contributed by atoms with Crippen LogP contribution < -0.4 is 11.1 Å². The van der Waals surface area contributed by atoms with E-state index in [1.54, 1.807) is 0 Å². The van der Waals surface area contributed by atoms with Crippen LogP contribution in [0.15, 0.2) is 24.3 Å². The molecule has 1 aromatic carbocycles. The van der Waals surface area contributed by atoms with Gasteiger partial charge in [0.25, 0.3) is 0 Å². The molecule has 0 bridgehead atoms. The monoisotopic (exact) mass is 273 g/mol. The maximum Gasteiger partial charge on any atom is 0.248 e. The van der Waals surface area contributed by atoms with Crippen LogP contribution in [-0.4, -0.2) is 36.0 Å². The zero-order valence-corrected chi connectivity index (χ0v) is 11.8. The molecule has 1 heterocycles. The Bertz CT molecular complexity index is 461. The average molecular weight is 273 g/mol. The highest BCUT2D eigenvalue weighted by Crippen LogP contribution is 2.29. The first-order valence-electron chi connectivity index (χ1n) is 7.58. The van der Waals surface area contributed by atoms with Crippen LogP contribution >= 0.6 is 0 Å². The van der Waals surface area contributed by atoms with Gasteiger partial charge >= 0.3 is 0 Å². The zero-order valence-electron chi connectivity index (χ0n) is 11.8. The third kappa shape index (κ3) is 3.38. The standard InChI is InChI=1S/C16H23N3O/c17-16(20)13-5-3-12(4-6-13)10-19(15-7-8-15)11-14-2-1-9-18-14/h3-6,14-15,18H,1-2,7-11H2,(H2,17,20)/t14-/m0/s1. The number of amides is 1. The van der Waals surface area contributed by atoms with Gasteiger partial charge in [0.05, 0.1) is 0 Å². The van der Waals surface area contributed by atoms with E-state index >= 15 is 0 Å². The van der Waals surface area contributed by atoms with E-state index in [1.165, 1.54) is 31.2 Å². The minimum atomic E-state index is -0.356. The van der Waals surface area contributed by atoms with Gasteiger partial charge in [-0.15, -0.1) is 0 Å². The Morgan fingerprint density at radius 3 is 2.55 bits per heavy atom. The van der Waals surface area contributed by atoms with Crippen LogP contribution in [0.25, 0.3) is 0 Å². The van der Waals surface area contributed by atoms with Gasteiger partial charge in [-0.2, -0.15) is 0 Å². The Hall–Kier alpha value is -1.39. The van der Waals surface area contributed by atoms with Gasteiger partial charge in [-0.3, -0.25) is 9.69 Å². The minimum absolute atomic E-state index is 0.356. The second kappa shape index (κ2) is 5.94. The van der Waals surface area contributed by atoms with Crippen LogP contribution in [0.5, 0.6) is 0 Å². The molecule has 1 aromatic rings. The Morgan fingerprint density at radius 2 is 2.00 bits per heavy atom. The number of hydrogen-bond acceptors (Lipinski definition) is 3. The molecular formula is C16H23N3O. The first kappa shape index (κ1) is 13.6. The van der Waals surface area contributed by atoms with Gasteiger partial charge in [0, 0.05) is 30.7 Å². The molecule has 1 amide bonds. The van der Waals surface area contributed by atoms with Crippen LogP contribution in [0.2, 0.25) is 0 Å². The molecule has 2 aliphatic rings. The highest BCUT2D eigenvalue weighted by molar-refractivity contribution is 5.92. The van der Waals surface area contributed by atoms with E-state index in [0.717, 1.165) is 25.7 Å². The van der Waals surface area contributed by atoms with Crippen LogP contribution in [-0.2, 0) is 6.54 Å². The lowest BCUT2D eigenvalue weighted by atomic mass is 10.1. The summed E-state index contributed by atoms with van der Waals surface area (Å²) in [6.45, 7) is 3.28. The van der Waals surface area contributed by atoms with Crippen LogP contribution in [0, 0.1) is 0 Å². The molecule has 3 rings (SSSR count). The van der Waals surface area contributed by atoms with Crippen molar-refractivity contribution in [1.29, 1.82) is 0 Å². The van der Waals surface area contributed by atoms with Crippen molar-refractivity contribution >= 4 is 5.91 Å². The molecule has 0 unspecified atom stereocenters. The number of nitrogens with zero attached hydrogens (tertiary/aromatic N) is 1. The predicted octanol–water partition coefficient (Wildman–Crippen LogP) is 1.50. The fourth-order valence-corrected chi connectivity index (χ4v) is 2.99. The number of hydrogen-bond donors (Lipinski definition) is 2. The van der Waals surface area contributed by atoms with Gasteiger partial charge in [0.2, 0.25) is 5.91 Å². The van der Waals surface area contributed by atoms with Gasteiger partial charge in [0.1, 0.15) is 0 Å². The predicted molar refractivity (Wildman–Crippen MR) is 79.4 cm³/mol. The van der Waals surface area contributed by atoms with Crippen molar-refractivity contribution in [2.45, 2.75) is 44.3 Å². The molecule has 20 heavy (non-hydrogen) atoms. The van der Waals surface area contributed by atoms with E-state index in [2.05, 4.69) is 10.2 Å². The number of primary amides is 1. The summed E-state index contributed by atoms with van der Waals surface area (Å²) in [5.41, 5.74) is 7.13. The summed E-state index contributed by atoms with van der Waals surface area (Å²) in [5, 5.41) is 3.58. The summed E-state index contributed by atoms with van der Waals surface area (Å²) >= 11 is 0. The van der Waals surface area contributed by atoms with E-state index < -0.39 is 0 Å². The van der Waals surface area contributed by atoms with Crippen molar-refractivity contribution in [3.05, 3.63) is 35.4 Å². The Morgan fingerprint density at radius 1 is 1.25 bits per heavy atom. The lowest BCUT2D eigenvalue weighted by Crippen LogP contribution is -2.38. The highest BCUT2D eigenvalue weighted by Gasteiger charge is 2.31. The molecule has 4 heteroatoms.